The average molecular weight is 226 g/mol. The zero-order valence-corrected chi connectivity index (χ0v) is 11.9. The summed E-state index contributed by atoms with van der Waals surface area (Å²) in [5.74, 6) is 0. The standard InChI is InChI=1S/C14H30N2/c1-6-14(4)7-9-16(10-8-14)12-13(2,3)11-15-5/h15H,6-12H2,1-5H3. The van der Waals surface area contributed by atoms with Gasteiger partial charge in [-0.2, -0.15) is 0 Å². The highest BCUT2D eigenvalue weighted by molar-refractivity contribution is 4.84. The Morgan fingerprint density at radius 2 is 1.81 bits per heavy atom. The van der Waals surface area contributed by atoms with Gasteiger partial charge in [0.1, 0.15) is 0 Å². The molecule has 1 saturated heterocycles. The van der Waals surface area contributed by atoms with Gasteiger partial charge in [-0.3, -0.25) is 0 Å². The van der Waals surface area contributed by atoms with E-state index in [1.54, 1.807) is 0 Å². The Bertz CT molecular complexity index is 203. The number of hydrogen-bond donors (Lipinski definition) is 1. The van der Waals surface area contributed by atoms with Crippen LogP contribution in [0.1, 0.15) is 47.0 Å². The van der Waals surface area contributed by atoms with Crippen LogP contribution in [0.2, 0.25) is 0 Å². The summed E-state index contributed by atoms with van der Waals surface area (Å²) >= 11 is 0. The monoisotopic (exact) mass is 226 g/mol. The van der Waals surface area contributed by atoms with Gasteiger partial charge in [-0.1, -0.05) is 34.1 Å². The van der Waals surface area contributed by atoms with Crippen molar-refractivity contribution in [3.8, 4) is 0 Å². The molecule has 2 nitrogen and oxygen atoms in total. The molecule has 1 heterocycles. The van der Waals surface area contributed by atoms with Gasteiger partial charge in [0.05, 0.1) is 0 Å². The Labute approximate surface area is 102 Å². The van der Waals surface area contributed by atoms with Crippen LogP contribution in [-0.2, 0) is 0 Å². The average Bonchev–Trinajstić information content (AvgIpc) is 2.21. The van der Waals surface area contributed by atoms with Gasteiger partial charge in [-0.15, -0.1) is 0 Å². The van der Waals surface area contributed by atoms with Crippen molar-refractivity contribution < 1.29 is 0 Å². The Morgan fingerprint density at radius 3 is 2.25 bits per heavy atom. The molecule has 0 aliphatic carbocycles. The van der Waals surface area contributed by atoms with Gasteiger partial charge in [-0.05, 0) is 43.8 Å². The number of likely N-dealkylation sites (tertiary alicyclic amines) is 1. The third-order valence-electron chi connectivity index (χ3n) is 4.22. The smallest absolute Gasteiger partial charge is 0.00448 e. The minimum Gasteiger partial charge on any atom is -0.319 e. The number of piperidine rings is 1. The first kappa shape index (κ1) is 14.0. The van der Waals surface area contributed by atoms with E-state index in [1.807, 2.05) is 7.05 Å². The molecule has 1 fully saturated rings. The lowest BCUT2D eigenvalue weighted by molar-refractivity contribution is 0.0830. The van der Waals surface area contributed by atoms with Crippen molar-refractivity contribution in [2.45, 2.75) is 47.0 Å². The third-order valence-corrected chi connectivity index (χ3v) is 4.22. The highest BCUT2D eigenvalue weighted by Gasteiger charge is 2.30. The van der Waals surface area contributed by atoms with Gasteiger partial charge in [0, 0.05) is 13.1 Å². The molecule has 0 aromatic heterocycles. The molecule has 0 aromatic carbocycles. The molecule has 0 spiro atoms. The molecule has 96 valence electrons. The van der Waals surface area contributed by atoms with Crippen molar-refractivity contribution in [3.05, 3.63) is 0 Å². The summed E-state index contributed by atoms with van der Waals surface area (Å²) in [7, 11) is 2.05. The number of nitrogens with zero attached hydrogens (tertiary/aromatic N) is 1. The second-order valence-corrected chi connectivity index (χ2v) is 6.63. The lowest BCUT2D eigenvalue weighted by Gasteiger charge is -2.42. The minimum atomic E-state index is 0.398. The topological polar surface area (TPSA) is 15.3 Å². The van der Waals surface area contributed by atoms with E-state index in [0.29, 0.717) is 10.8 Å². The first-order valence-electron chi connectivity index (χ1n) is 6.78. The Balaban J connectivity index is 2.37. The molecule has 0 radical (unpaired) electrons. The Kier molecular flexibility index (Phi) is 4.81. The fourth-order valence-electron chi connectivity index (χ4n) is 2.74. The van der Waals surface area contributed by atoms with Crippen LogP contribution < -0.4 is 5.32 Å². The largest absolute Gasteiger partial charge is 0.319 e. The molecule has 1 rings (SSSR count). The van der Waals surface area contributed by atoms with E-state index in [1.165, 1.54) is 38.9 Å². The fourth-order valence-corrected chi connectivity index (χ4v) is 2.74. The van der Waals surface area contributed by atoms with Crippen LogP contribution in [0, 0.1) is 10.8 Å². The number of rotatable bonds is 5. The SMILES string of the molecule is CCC1(C)CCN(CC(C)(C)CNC)CC1. The third kappa shape index (κ3) is 4.06. The fraction of sp³-hybridized carbons (Fsp3) is 1.00. The van der Waals surface area contributed by atoms with E-state index in [2.05, 4.69) is 37.9 Å². The van der Waals surface area contributed by atoms with Gasteiger partial charge in [0.2, 0.25) is 0 Å². The number of hydrogen-bond acceptors (Lipinski definition) is 2. The predicted octanol–water partition coefficient (Wildman–Crippen LogP) is 2.74. The summed E-state index contributed by atoms with van der Waals surface area (Å²) in [6.45, 7) is 14.4. The van der Waals surface area contributed by atoms with Crippen LogP contribution in [0.5, 0.6) is 0 Å². The highest BCUT2D eigenvalue weighted by Crippen LogP contribution is 2.34. The lowest BCUT2D eigenvalue weighted by Crippen LogP contribution is -2.45. The zero-order valence-electron chi connectivity index (χ0n) is 11.9. The summed E-state index contributed by atoms with van der Waals surface area (Å²) in [6, 6.07) is 0. The van der Waals surface area contributed by atoms with Gasteiger partial charge >= 0.3 is 0 Å². The van der Waals surface area contributed by atoms with Crippen LogP contribution >= 0.6 is 0 Å². The van der Waals surface area contributed by atoms with Crippen LogP contribution in [0.4, 0.5) is 0 Å². The van der Waals surface area contributed by atoms with Crippen molar-refractivity contribution in [2.24, 2.45) is 10.8 Å². The van der Waals surface area contributed by atoms with E-state index in [4.69, 9.17) is 0 Å². The summed E-state index contributed by atoms with van der Waals surface area (Å²) < 4.78 is 0. The molecule has 0 atom stereocenters. The lowest BCUT2D eigenvalue weighted by atomic mass is 9.77. The molecule has 0 amide bonds. The summed E-state index contributed by atoms with van der Waals surface area (Å²) in [4.78, 5) is 2.65. The van der Waals surface area contributed by atoms with Gasteiger partial charge < -0.3 is 10.2 Å². The molecule has 16 heavy (non-hydrogen) atoms. The van der Waals surface area contributed by atoms with Crippen molar-refractivity contribution in [2.75, 3.05) is 33.2 Å². The maximum atomic E-state index is 3.30. The minimum absolute atomic E-state index is 0.398. The first-order valence-corrected chi connectivity index (χ1v) is 6.78. The summed E-state index contributed by atoms with van der Waals surface area (Å²) in [6.07, 6.45) is 4.08. The molecule has 1 aliphatic rings. The Morgan fingerprint density at radius 1 is 1.25 bits per heavy atom. The molecular formula is C14H30N2. The van der Waals surface area contributed by atoms with E-state index >= 15 is 0 Å². The first-order chi connectivity index (χ1) is 7.41. The molecule has 1 N–H and O–H groups in total. The van der Waals surface area contributed by atoms with Gasteiger partial charge in [0.25, 0.3) is 0 Å². The Hall–Kier alpha value is -0.0800. The van der Waals surface area contributed by atoms with Crippen molar-refractivity contribution in [1.82, 2.24) is 10.2 Å². The van der Waals surface area contributed by atoms with Crippen LogP contribution in [0.25, 0.3) is 0 Å². The van der Waals surface area contributed by atoms with Crippen molar-refractivity contribution in [3.63, 3.8) is 0 Å². The molecule has 2 heteroatoms. The van der Waals surface area contributed by atoms with E-state index < -0.39 is 0 Å². The molecule has 0 aromatic rings. The highest BCUT2D eigenvalue weighted by atomic mass is 15.1. The second kappa shape index (κ2) is 5.50. The quantitative estimate of drug-likeness (QED) is 0.775. The molecule has 1 aliphatic heterocycles. The molecule has 0 saturated carbocycles. The van der Waals surface area contributed by atoms with Crippen molar-refractivity contribution >= 4 is 0 Å². The van der Waals surface area contributed by atoms with Crippen LogP contribution in [0.3, 0.4) is 0 Å². The maximum absolute atomic E-state index is 3.30. The second-order valence-electron chi connectivity index (χ2n) is 6.63. The number of nitrogens with one attached hydrogen (secondary N) is 1. The van der Waals surface area contributed by atoms with E-state index in [-0.39, 0.29) is 0 Å². The zero-order chi connectivity index (χ0) is 12.2. The molecule has 0 unspecified atom stereocenters. The van der Waals surface area contributed by atoms with E-state index in [0.717, 1.165) is 6.54 Å². The molecule has 0 bridgehead atoms. The van der Waals surface area contributed by atoms with E-state index in [9.17, 15) is 0 Å². The van der Waals surface area contributed by atoms with Crippen molar-refractivity contribution in [1.29, 1.82) is 0 Å². The summed E-state index contributed by atoms with van der Waals surface area (Å²) in [5, 5.41) is 3.30. The van der Waals surface area contributed by atoms with Gasteiger partial charge in [-0.25, -0.2) is 0 Å². The van der Waals surface area contributed by atoms with Crippen LogP contribution in [0.15, 0.2) is 0 Å². The predicted molar refractivity (Wildman–Crippen MR) is 71.8 cm³/mol. The van der Waals surface area contributed by atoms with Gasteiger partial charge in [0.15, 0.2) is 0 Å². The molecular weight excluding hydrogens is 196 g/mol. The maximum Gasteiger partial charge on any atom is 0.00448 e. The normalized spacial score (nSPS) is 22.3. The summed E-state index contributed by atoms with van der Waals surface area (Å²) in [5.41, 5.74) is 1.01. The van der Waals surface area contributed by atoms with Crippen LogP contribution in [-0.4, -0.2) is 38.1 Å².